The normalized spacial score (nSPS) is 11.6. The lowest BCUT2D eigenvalue weighted by atomic mass is 10.0. The Bertz CT molecular complexity index is 988. The number of carbonyl (C=O) groups excluding carboxylic acids is 2. The number of ether oxygens (including phenoxy) is 1. The summed E-state index contributed by atoms with van der Waals surface area (Å²) < 4.78 is 5.26. The van der Waals surface area contributed by atoms with Gasteiger partial charge in [-0.1, -0.05) is 48.0 Å². The summed E-state index contributed by atoms with van der Waals surface area (Å²) in [6.07, 6.45) is 5.69. The standard InChI is InChI=1S/C25H27NO5/c1-17(2)9-12-21-15-20(10-13-23(21)31-18(3)27)11-14-24(28)26-22(25(29)30)16-19-7-5-4-6-8-19/h4-11,13-15,22H,12,16H2,1-3H3,(H,26,28)(H,29,30)/b14-11+/t22-/m0/s1. The monoisotopic (exact) mass is 421 g/mol. The van der Waals surface area contributed by atoms with E-state index in [-0.39, 0.29) is 6.42 Å². The SMILES string of the molecule is CC(=O)Oc1ccc(/C=C/C(=O)N[C@@H](Cc2ccccc2)C(=O)O)cc1CC=C(C)C. The number of hydrogen-bond donors (Lipinski definition) is 2. The smallest absolute Gasteiger partial charge is 0.326 e. The first-order valence-corrected chi connectivity index (χ1v) is 9.94. The van der Waals surface area contributed by atoms with E-state index in [4.69, 9.17) is 4.74 Å². The Labute approximate surface area is 182 Å². The number of carboxylic acid groups (broad SMARTS) is 1. The van der Waals surface area contributed by atoms with Gasteiger partial charge in [-0.25, -0.2) is 4.79 Å². The van der Waals surface area contributed by atoms with Gasteiger partial charge < -0.3 is 15.2 Å². The van der Waals surface area contributed by atoms with Gasteiger partial charge in [0.05, 0.1) is 0 Å². The highest BCUT2D eigenvalue weighted by molar-refractivity contribution is 5.94. The van der Waals surface area contributed by atoms with E-state index >= 15 is 0 Å². The maximum atomic E-state index is 12.3. The summed E-state index contributed by atoms with van der Waals surface area (Å²) in [5, 5.41) is 11.9. The summed E-state index contributed by atoms with van der Waals surface area (Å²) in [6, 6.07) is 13.3. The highest BCUT2D eigenvalue weighted by atomic mass is 16.5. The van der Waals surface area contributed by atoms with Gasteiger partial charge in [-0.15, -0.1) is 0 Å². The molecule has 0 aromatic heterocycles. The maximum Gasteiger partial charge on any atom is 0.326 e. The number of hydrogen-bond acceptors (Lipinski definition) is 4. The van der Waals surface area contributed by atoms with Gasteiger partial charge in [-0.2, -0.15) is 0 Å². The van der Waals surface area contributed by atoms with Gasteiger partial charge >= 0.3 is 11.9 Å². The number of nitrogens with one attached hydrogen (secondary N) is 1. The van der Waals surface area contributed by atoms with Gasteiger partial charge in [0.1, 0.15) is 11.8 Å². The van der Waals surface area contributed by atoms with Crippen molar-refractivity contribution in [2.75, 3.05) is 0 Å². The number of esters is 1. The van der Waals surface area contributed by atoms with E-state index in [0.29, 0.717) is 12.2 Å². The van der Waals surface area contributed by atoms with Crippen LogP contribution in [0.25, 0.3) is 6.08 Å². The second-order valence-corrected chi connectivity index (χ2v) is 7.37. The Balaban J connectivity index is 2.12. The predicted molar refractivity (Wildman–Crippen MR) is 120 cm³/mol. The van der Waals surface area contributed by atoms with Crippen LogP contribution in [0, 0.1) is 0 Å². The van der Waals surface area contributed by atoms with E-state index in [0.717, 1.165) is 22.3 Å². The molecule has 1 amide bonds. The van der Waals surface area contributed by atoms with Crippen LogP contribution in [-0.2, 0) is 27.2 Å². The lowest BCUT2D eigenvalue weighted by Crippen LogP contribution is -2.41. The van der Waals surface area contributed by atoms with Crippen LogP contribution < -0.4 is 10.1 Å². The summed E-state index contributed by atoms with van der Waals surface area (Å²) in [6.45, 7) is 5.30. The molecule has 0 saturated carbocycles. The molecule has 2 aromatic rings. The van der Waals surface area contributed by atoms with Crippen LogP contribution in [0.5, 0.6) is 5.75 Å². The third-order valence-electron chi connectivity index (χ3n) is 4.39. The zero-order valence-corrected chi connectivity index (χ0v) is 17.9. The van der Waals surface area contributed by atoms with Crippen LogP contribution in [0.15, 0.2) is 66.3 Å². The van der Waals surface area contributed by atoms with Crippen LogP contribution in [0.3, 0.4) is 0 Å². The van der Waals surface area contributed by atoms with Crippen molar-refractivity contribution in [1.82, 2.24) is 5.32 Å². The topological polar surface area (TPSA) is 92.7 Å². The molecule has 0 aliphatic carbocycles. The molecule has 2 rings (SSSR count). The zero-order chi connectivity index (χ0) is 22.8. The number of rotatable bonds is 9. The largest absolute Gasteiger partial charge is 0.480 e. The van der Waals surface area contributed by atoms with Crippen LogP contribution in [-0.4, -0.2) is 29.0 Å². The van der Waals surface area contributed by atoms with Gasteiger partial charge in [-0.05, 0) is 55.2 Å². The molecule has 2 aromatic carbocycles. The highest BCUT2D eigenvalue weighted by Crippen LogP contribution is 2.23. The Morgan fingerprint density at radius 2 is 1.77 bits per heavy atom. The molecule has 0 spiro atoms. The molecule has 6 heteroatoms. The molecular weight excluding hydrogens is 394 g/mol. The fraction of sp³-hybridized carbons (Fsp3) is 0.240. The highest BCUT2D eigenvalue weighted by Gasteiger charge is 2.19. The Kier molecular flexibility index (Phi) is 8.76. The molecule has 6 nitrogen and oxygen atoms in total. The van der Waals surface area contributed by atoms with Crippen LogP contribution in [0.2, 0.25) is 0 Å². The van der Waals surface area contributed by atoms with Gasteiger partial charge in [0.2, 0.25) is 5.91 Å². The number of carboxylic acids is 1. The predicted octanol–water partition coefficient (Wildman–Crippen LogP) is 3.95. The molecule has 0 aliphatic heterocycles. The van der Waals surface area contributed by atoms with Gasteiger partial charge in [0, 0.05) is 19.4 Å². The Morgan fingerprint density at radius 3 is 2.39 bits per heavy atom. The quantitative estimate of drug-likeness (QED) is 0.277. The van der Waals surface area contributed by atoms with E-state index in [9.17, 15) is 19.5 Å². The first-order chi connectivity index (χ1) is 14.7. The van der Waals surface area contributed by atoms with E-state index in [1.165, 1.54) is 13.0 Å². The number of allylic oxidation sites excluding steroid dienone is 2. The van der Waals surface area contributed by atoms with E-state index in [1.54, 1.807) is 18.2 Å². The molecule has 0 heterocycles. The number of benzene rings is 2. The fourth-order valence-electron chi connectivity index (χ4n) is 2.87. The molecule has 0 saturated heterocycles. The number of carbonyl (C=O) groups is 3. The third-order valence-corrected chi connectivity index (χ3v) is 4.39. The van der Waals surface area contributed by atoms with Crippen LogP contribution in [0.1, 0.15) is 37.5 Å². The van der Waals surface area contributed by atoms with Gasteiger partial charge in [0.15, 0.2) is 0 Å². The van der Waals surface area contributed by atoms with E-state index in [2.05, 4.69) is 5.32 Å². The average molecular weight is 421 g/mol. The zero-order valence-electron chi connectivity index (χ0n) is 17.9. The van der Waals surface area contributed by atoms with Crippen LogP contribution in [0.4, 0.5) is 0 Å². The maximum absolute atomic E-state index is 12.3. The van der Waals surface area contributed by atoms with Crippen molar-refractivity contribution >= 4 is 23.9 Å². The molecule has 31 heavy (non-hydrogen) atoms. The number of aliphatic carboxylic acids is 1. The van der Waals surface area contributed by atoms with Crippen molar-refractivity contribution in [3.8, 4) is 5.75 Å². The summed E-state index contributed by atoms with van der Waals surface area (Å²) in [4.78, 5) is 35.2. The molecule has 0 aliphatic rings. The molecule has 0 bridgehead atoms. The summed E-state index contributed by atoms with van der Waals surface area (Å²) in [5.74, 6) is -1.53. The Morgan fingerprint density at radius 1 is 1.06 bits per heavy atom. The van der Waals surface area contributed by atoms with Crippen molar-refractivity contribution in [3.63, 3.8) is 0 Å². The van der Waals surface area contributed by atoms with Crippen molar-refractivity contribution < 1.29 is 24.2 Å². The third kappa shape index (κ3) is 8.30. The molecule has 0 fully saturated rings. The fourth-order valence-corrected chi connectivity index (χ4v) is 2.87. The van der Waals surface area contributed by atoms with Crippen molar-refractivity contribution in [2.45, 2.75) is 39.7 Å². The minimum absolute atomic E-state index is 0.194. The first kappa shape index (κ1) is 23.6. The van der Waals surface area contributed by atoms with Gasteiger partial charge in [0.25, 0.3) is 0 Å². The minimum Gasteiger partial charge on any atom is -0.480 e. The Hall–Kier alpha value is -3.67. The lowest BCUT2D eigenvalue weighted by molar-refractivity contribution is -0.141. The summed E-state index contributed by atoms with van der Waals surface area (Å²) >= 11 is 0. The van der Waals surface area contributed by atoms with Crippen molar-refractivity contribution in [1.29, 1.82) is 0 Å². The van der Waals surface area contributed by atoms with Crippen molar-refractivity contribution in [2.24, 2.45) is 0 Å². The molecule has 162 valence electrons. The van der Waals surface area contributed by atoms with E-state index in [1.807, 2.05) is 56.3 Å². The molecule has 2 N–H and O–H groups in total. The van der Waals surface area contributed by atoms with Gasteiger partial charge in [-0.3, -0.25) is 9.59 Å². The van der Waals surface area contributed by atoms with Crippen LogP contribution >= 0.6 is 0 Å². The molecule has 1 atom stereocenters. The second-order valence-electron chi connectivity index (χ2n) is 7.37. The number of amides is 1. The summed E-state index contributed by atoms with van der Waals surface area (Å²) in [7, 11) is 0. The lowest BCUT2D eigenvalue weighted by Gasteiger charge is -2.13. The summed E-state index contributed by atoms with van der Waals surface area (Å²) in [5.41, 5.74) is 3.50. The molecular formula is C25H27NO5. The molecule has 0 unspecified atom stereocenters. The second kappa shape index (κ2) is 11.5. The average Bonchev–Trinajstić information content (AvgIpc) is 2.71. The molecule has 0 radical (unpaired) electrons. The minimum atomic E-state index is -1.10. The first-order valence-electron chi connectivity index (χ1n) is 9.94. The van der Waals surface area contributed by atoms with E-state index < -0.39 is 23.9 Å². The van der Waals surface area contributed by atoms with Crippen molar-refractivity contribution in [3.05, 3.63) is 82.9 Å².